The molecule has 3 aromatic carbocycles. The summed E-state index contributed by atoms with van der Waals surface area (Å²) < 4.78 is 23.1. The summed E-state index contributed by atoms with van der Waals surface area (Å²) in [5, 5.41) is 0.430. The van der Waals surface area contributed by atoms with Crippen molar-refractivity contribution in [1.29, 1.82) is 0 Å². The second kappa shape index (κ2) is 10.4. The number of rotatable bonds is 9. The van der Waals surface area contributed by atoms with Crippen molar-refractivity contribution in [3.63, 3.8) is 0 Å². The SMILES string of the molecule is CCCCOc1ccc(C2c3c(oc4ccccc4c3=O)C(=O)N2c2ccc(OCC)cc2)cc1OC. The smallest absolute Gasteiger partial charge is 0.295 e. The van der Waals surface area contributed by atoms with E-state index in [1.807, 2.05) is 49.4 Å². The van der Waals surface area contributed by atoms with Crippen LogP contribution in [-0.4, -0.2) is 26.2 Å². The lowest BCUT2D eigenvalue weighted by Crippen LogP contribution is -2.29. The van der Waals surface area contributed by atoms with Crippen LogP contribution in [0.5, 0.6) is 17.2 Å². The Hall–Kier alpha value is -4.26. The maximum atomic E-state index is 13.8. The van der Waals surface area contributed by atoms with Crippen LogP contribution in [0, 0.1) is 0 Å². The van der Waals surface area contributed by atoms with Gasteiger partial charge in [-0.25, -0.2) is 0 Å². The standard InChI is InChI=1S/C30H29NO6/c1-4-6-17-36-24-16-11-19(18-25(24)34-3)27-26-28(32)22-9-7-8-10-23(22)37-29(26)30(33)31(27)20-12-14-21(15-13-20)35-5-2/h7-16,18,27H,4-6,17H2,1-3H3. The monoisotopic (exact) mass is 499 g/mol. The van der Waals surface area contributed by atoms with Crippen LogP contribution in [0.4, 0.5) is 5.69 Å². The van der Waals surface area contributed by atoms with Gasteiger partial charge in [-0.2, -0.15) is 0 Å². The molecule has 0 saturated carbocycles. The van der Waals surface area contributed by atoms with Gasteiger partial charge in [0.05, 0.1) is 37.3 Å². The topological polar surface area (TPSA) is 78.2 Å². The molecule has 5 rings (SSSR count). The number of anilines is 1. The quantitative estimate of drug-likeness (QED) is 0.258. The molecule has 0 aliphatic carbocycles. The number of carbonyl (C=O) groups excluding carboxylic acids is 1. The Labute approximate surface area is 215 Å². The van der Waals surface area contributed by atoms with Crippen LogP contribution in [0.2, 0.25) is 0 Å². The van der Waals surface area contributed by atoms with E-state index < -0.39 is 6.04 Å². The van der Waals surface area contributed by atoms with E-state index in [-0.39, 0.29) is 17.1 Å². The van der Waals surface area contributed by atoms with E-state index in [9.17, 15) is 9.59 Å². The Morgan fingerprint density at radius 2 is 1.70 bits per heavy atom. The van der Waals surface area contributed by atoms with Gasteiger partial charge in [0.15, 0.2) is 16.9 Å². The lowest BCUT2D eigenvalue weighted by Gasteiger charge is -2.26. The van der Waals surface area contributed by atoms with Crippen molar-refractivity contribution in [2.75, 3.05) is 25.2 Å². The molecule has 190 valence electrons. The van der Waals surface area contributed by atoms with Crippen molar-refractivity contribution in [1.82, 2.24) is 0 Å². The third-order valence-electron chi connectivity index (χ3n) is 6.46. The van der Waals surface area contributed by atoms with Crippen molar-refractivity contribution < 1.29 is 23.4 Å². The lowest BCUT2D eigenvalue weighted by atomic mass is 9.97. The predicted molar refractivity (Wildman–Crippen MR) is 142 cm³/mol. The molecule has 7 heteroatoms. The summed E-state index contributed by atoms with van der Waals surface area (Å²) >= 11 is 0. The molecule has 1 amide bonds. The third-order valence-corrected chi connectivity index (χ3v) is 6.46. The van der Waals surface area contributed by atoms with Crippen molar-refractivity contribution in [3.8, 4) is 17.2 Å². The summed E-state index contributed by atoms with van der Waals surface area (Å²) in [4.78, 5) is 29.1. The molecule has 1 aromatic heterocycles. The average Bonchev–Trinajstić information content (AvgIpc) is 3.22. The highest BCUT2D eigenvalue weighted by atomic mass is 16.5. The molecule has 1 aliphatic heterocycles. The Balaban J connectivity index is 1.67. The number of para-hydroxylation sites is 1. The number of unbranched alkanes of at least 4 members (excludes halogenated alkanes) is 1. The molecule has 0 bridgehead atoms. The minimum Gasteiger partial charge on any atom is -0.494 e. The zero-order chi connectivity index (χ0) is 25.9. The molecule has 0 fully saturated rings. The molecule has 1 unspecified atom stereocenters. The van der Waals surface area contributed by atoms with E-state index in [2.05, 4.69) is 6.92 Å². The van der Waals surface area contributed by atoms with Gasteiger partial charge in [-0.3, -0.25) is 14.5 Å². The summed E-state index contributed by atoms with van der Waals surface area (Å²) in [7, 11) is 1.58. The highest BCUT2D eigenvalue weighted by Gasteiger charge is 2.44. The van der Waals surface area contributed by atoms with Crippen LogP contribution in [0.25, 0.3) is 11.0 Å². The van der Waals surface area contributed by atoms with Crippen molar-refractivity contribution in [2.24, 2.45) is 0 Å². The molecule has 2 heterocycles. The van der Waals surface area contributed by atoms with Crippen molar-refractivity contribution in [2.45, 2.75) is 32.7 Å². The zero-order valence-electron chi connectivity index (χ0n) is 21.2. The number of carbonyl (C=O) groups is 1. The van der Waals surface area contributed by atoms with E-state index in [1.54, 1.807) is 36.3 Å². The molecule has 4 aromatic rings. The van der Waals surface area contributed by atoms with Crippen molar-refractivity contribution in [3.05, 3.63) is 93.8 Å². The van der Waals surface area contributed by atoms with Gasteiger partial charge in [0, 0.05) is 5.69 Å². The minimum atomic E-state index is -0.708. The number of benzene rings is 3. The number of amides is 1. The molecule has 1 atom stereocenters. The Bertz CT molecular complexity index is 1490. The van der Waals surface area contributed by atoms with Gasteiger partial charge in [0.25, 0.3) is 5.91 Å². The number of nitrogens with zero attached hydrogens (tertiary/aromatic N) is 1. The van der Waals surface area contributed by atoms with E-state index in [4.69, 9.17) is 18.6 Å². The fourth-order valence-electron chi connectivity index (χ4n) is 4.67. The maximum absolute atomic E-state index is 13.8. The van der Waals surface area contributed by atoms with Gasteiger partial charge >= 0.3 is 0 Å². The normalized spacial score (nSPS) is 14.6. The Kier molecular flexibility index (Phi) is 6.86. The third kappa shape index (κ3) is 4.42. The molecular weight excluding hydrogens is 470 g/mol. The van der Waals surface area contributed by atoms with Crippen LogP contribution < -0.4 is 24.5 Å². The summed E-state index contributed by atoms with van der Waals surface area (Å²) in [5.41, 5.74) is 1.79. The molecule has 1 aliphatic rings. The highest BCUT2D eigenvalue weighted by Crippen LogP contribution is 2.43. The summed E-state index contributed by atoms with van der Waals surface area (Å²) in [6, 6.07) is 19.0. The minimum absolute atomic E-state index is 0.0461. The lowest BCUT2D eigenvalue weighted by molar-refractivity contribution is 0.0971. The van der Waals surface area contributed by atoms with Crippen LogP contribution >= 0.6 is 0 Å². The first kappa shape index (κ1) is 24.4. The van der Waals surface area contributed by atoms with E-state index in [0.717, 1.165) is 12.8 Å². The Morgan fingerprint density at radius 3 is 2.43 bits per heavy atom. The first-order valence-electron chi connectivity index (χ1n) is 12.5. The zero-order valence-corrected chi connectivity index (χ0v) is 21.2. The summed E-state index contributed by atoms with van der Waals surface area (Å²) in [6.45, 7) is 5.12. The number of hydrogen-bond donors (Lipinski definition) is 0. The number of fused-ring (bicyclic) bond motifs is 2. The van der Waals surface area contributed by atoms with E-state index >= 15 is 0 Å². The maximum Gasteiger partial charge on any atom is 0.295 e. The van der Waals surface area contributed by atoms with E-state index in [0.29, 0.717) is 58.2 Å². The second-order valence-electron chi connectivity index (χ2n) is 8.79. The van der Waals surface area contributed by atoms with Crippen LogP contribution in [-0.2, 0) is 0 Å². The van der Waals surface area contributed by atoms with E-state index in [1.165, 1.54) is 0 Å². The first-order chi connectivity index (χ1) is 18.1. The van der Waals surface area contributed by atoms with Crippen molar-refractivity contribution >= 4 is 22.6 Å². The molecule has 7 nitrogen and oxygen atoms in total. The molecule has 0 spiro atoms. The number of methoxy groups -OCH3 is 1. The van der Waals surface area contributed by atoms with Gasteiger partial charge < -0.3 is 18.6 Å². The first-order valence-corrected chi connectivity index (χ1v) is 12.5. The molecule has 0 N–H and O–H groups in total. The Morgan fingerprint density at radius 1 is 0.919 bits per heavy atom. The van der Waals surface area contributed by atoms with Gasteiger partial charge in [-0.1, -0.05) is 31.5 Å². The molecule has 0 saturated heterocycles. The van der Waals surface area contributed by atoms with Gasteiger partial charge in [0.1, 0.15) is 11.3 Å². The van der Waals surface area contributed by atoms with Gasteiger partial charge in [-0.15, -0.1) is 0 Å². The van der Waals surface area contributed by atoms with Crippen LogP contribution in [0.15, 0.2) is 75.9 Å². The largest absolute Gasteiger partial charge is 0.494 e. The average molecular weight is 500 g/mol. The summed E-state index contributed by atoms with van der Waals surface area (Å²) in [5.74, 6) is 1.51. The fourth-order valence-corrected chi connectivity index (χ4v) is 4.67. The number of hydrogen-bond acceptors (Lipinski definition) is 6. The van der Waals surface area contributed by atoms with Gasteiger partial charge in [0.2, 0.25) is 5.76 Å². The summed E-state index contributed by atoms with van der Waals surface area (Å²) in [6.07, 6.45) is 1.94. The molecule has 0 radical (unpaired) electrons. The van der Waals surface area contributed by atoms with Gasteiger partial charge in [-0.05, 0) is 67.4 Å². The molecular formula is C30H29NO6. The number of ether oxygens (including phenoxy) is 3. The fraction of sp³-hybridized carbons (Fsp3) is 0.267. The van der Waals surface area contributed by atoms with Crippen LogP contribution in [0.3, 0.4) is 0 Å². The van der Waals surface area contributed by atoms with Crippen LogP contribution in [0.1, 0.15) is 54.4 Å². The highest BCUT2D eigenvalue weighted by molar-refractivity contribution is 6.10. The predicted octanol–water partition coefficient (Wildman–Crippen LogP) is 6.13. The second-order valence-corrected chi connectivity index (χ2v) is 8.79. The molecule has 37 heavy (non-hydrogen) atoms.